The molecule has 0 aliphatic carbocycles. The summed E-state index contributed by atoms with van der Waals surface area (Å²) in [5.74, 6) is -0.681. The second-order valence-electron chi connectivity index (χ2n) is 5.64. The molecule has 0 fully saturated rings. The van der Waals surface area contributed by atoms with Crippen molar-refractivity contribution in [1.82, 2.24) is 0 Å². The Hall–Kier alpha value is -4.25. The Balaban J connectivity index is 1.82. The van der Waals surface area contributed by atoms with E-state index in [0.717, 1.165) is 6.07 Å². The van der Waals surface area contributed by atoms with Crippen molar-refractivity contribution in [2.24, 2.45) is 0 Å². The minimum Gasteiger partial charge on any atom is -0.457 e. The van der Waals surface area contributed by atoms with Crippen LogP contribution in [0.3, 0.4) is 0 Å². The summed E-state index contributed by atoms with van der Waals surface area (Å²) < 4.78 is 18.8. The minimum atomic E-state index is -0.721. The number of carbonyl (C=O) groups is 1. The van der Waals surface area contributed by atoms with E-state index in [9.17, 15) is 24.6 Å². The van der Waals surface area contributed by atoms with E-state index in [0.29, 0.717) is 11.3 Å². The predicted molar refractivity (Wildman–Crippen MR) is 99.4 cm³/mol. The molecular weight excluding hydrogens is 365 g/mol. The Morgan fingerprint density at radius 3 is 2.68 bits per heavy atom. The summed E-state index contributed by atoms with van der Waals surface area (Å²) in [6, 6.07) is 16.0. The molecule has 0 atom stereocenters. The number of hydrogen-bond acceptors (Lipinski definition) is 5. The second-order valence-corrected chi connectivity index (χ2v) is 5.64. The average Bonchev–Trinajstić information content (AvgIpc) is 3.15. The fourth-order valence-electron chi connectivity index (χ4n) is 2.41. The second kappa shape index (κ2) is 7.97. The van der Waals surface area contributed by atoms with Gasteiger partial charge in [-0.3, -0.25) is 14.9 Å². The van der Waals surface area contributed by atoms with Crippen LogP contribution >= 0.6 is 0 Å². The van der Waals surface area contributed by atoms with E-state index in [1.165, 1.54) is 48.5 Å². The quantitative estimate of drug-likeness (QED) is 0.304. The van der Waals surface area contributed by atoms with Crippen molar-refractivity contribution in [1.29, 1.82) is 5.26 Å². The fourth-order valence-corrected chi connectivity index (χ4v) is 2.41. The van der Waals surface area contributed by atoms with Gasteiger partial charge in [-0.05, 0) is 30.3 Å². The summed E-state index contributed by atoms with van der Waals surface area (Å²) in [7, 11) is 0. The number of non-ortho nitro benzene ring substituents is 1. The van der Waals surface area contributed by atoms with Crippen molar-refractivity contribution in [2.75, 3.05) is 5.32 Å². The Bertz CT molecular complexity index is 1130. The number of nitrogens with zero attached hydrogens (tertiary/aromatic N) is 2. The number of nitrogens with one attached hydrogen (secondary N) is 1. The summed E-state index contributed by atoms with van der Waals surface area (Å²) in [4.78, 5) is 22.6. The van der Waals surface area contributed by atoms with Gasteiger partial charge in [-0.15, -0.1) is 0 Å². The lowest BCUT2D eigenvalue weighted by molar-refractivity contribution is -0.384. The van der Waals surface area contributed by atoms with Crippen LogP contribution in [0.4, 0.5) is 15.8 Å². The molecule has 7 nitrogen and oxygen atoms in total. The summed E-state index contributed by atoms with van der Waals surface area (Å²) in [5.41, 5.74) is 0.363. The Morgan fingerprint density at radius 1 is 1.18 bits per heavy atom. The molecule has 0 spiro atoms. The third-order valence-corrected chi connectivity index (χ3v) is 3.70. The molecule has 138 valence electrons. The maximum absolute atomic E-state index is 13.2. The van der Waals surface area contributed by atoms with Crippen LogP contribution in [0.15, 0.2) is 70.7 Å². The third kappa shape index (κ3) is 4.28. The topological polar surface area (TPSA) is 109 Å². The van der Waals surface area contributed by atoms with E-state index in [2.05, 4.69) is 5.32 Å². The number of anilines is 1. The van der Waals surface area contributed by atoms with Crippen molar-refractivity contribution in [3.8, 4) is 17.4 Å². The van der Waals surface area contributed by atoms with E-state index in [1.807, 2.05) is 0 Å². The maximum Gasteiger partial charge on any atom is 0.270 e. The number of carbonyl (C=O) groups excluding carboxylic acids is 1. The first-order valence-electron chi connectivity index (χ1n) is 7.99. The number of benzene rings is 2. The van der Waals surface area contributed by atoms with E-state index in [4.69, 9.17) is 4.42 Å². The highest BCUT2D eigenvalue weighted by atomic mass is 19.1. The van der Waals surface area contributed by atoms with Crippen molar-refractivity contribution in [2.45, 2.75) is 0 Å². The first-order valence-corrected chi connectivity index (χ1v) is 7.99. The molecular formula is C20H12FN3O4. The summed E-state index contributed by atoms with van der Waals surface area (Å²) in [6.07, 6.45) is 1.23. The largest absolute Gasteiger partial charge is 0.457 e. The molecule has 0 radical (unpaired) electrons. The van der Waals surface area contributed by atoms with E-state index >= 15 is 0 Å². The fraction of sp³-hybridized carbons (Fsp3) is 0. The number of hydrogen-bond donors (Lipinski definition) is 1. The lowest BCUT2D eigenvalue weighted by atomic mass is 10.1. The lowest BCUT2D eigenvalue weighted by Crippen LogP contribution is -2.13. The maximum atomic E-state index is 13.2. The zero-order chi connectivity index (χ0) is 20.1. The number of furan rings is 1. The van der Waals surface area contributed by atoms with E-state index < -0.39 is 16.6 Å². The van der Waals surface area contributed by atoms with Gasteiger partial charge in [-0.2, -0.15) is 5.26 Å². The standard InChI is InChI=1S/C20H12FN3O4/c21-15-4-2-5-16(11-15)23-20(25)14(12-22)10-18-7-8-19(28-18)13-3-1-6-17(9-13)24(26)27/h1-11H,(H,23,25)/b14-10+. The molecule has 1 aromatic heterocycles. The summed E-state index contributed by atoms with van der Waals surface area (Å²) in [6.45, 7) is 0. The molecule has 0 bridgehead atoms. The number of rotatable bonds is 5. The zero-order valence-corrected chi connectivity index (χ0v) is 14.3. The normalized spacial score (nSPS) is 10.9. The van der Waals surface area contributed by atoms with Gasteiger partial charge in [0.2, 0.25) is 0 Å². The van der Waals surface area contributed by atoms with Gasteiger partial charge in [0.05, 0.1) is 4.92 Å². The SMILES string of the molecule is N#C/C(=C\c1ccc(-c2cccc([N+](=O)[O-])c2)o1)C(=O)Nc1cccc(F)c1. The molecule has 8 heteroatoms. The highest BCUT2D eigenvalue weighted by Gasteiger charge is 2.13. The first kappa shape index (κ1) is 18.5. The molecule has 28 heavy (non-hydrogen) atoms. The number of nitro benzene ring substituents is 1. The molecule has 0 aliphatic rings. The molecule has 1 N–H and O–H groups in total. The number of amides is 1. The van der Waals surface area contributed by atoms with Crippen LogP contribution in [0, 0.1) is 27.3 Å². The van der Waals surface area contributed by atoms with Crippen LogP contribution in [-0.2, 0) is 4.79 Å². The predicted octanol–water partition coefficient (Wildman–Crippen LogP) is 4.54. The molecule has 0 saturated carbocycles. The molecule has 3 aromatic rings. The third-order valence-electron chi connectivity index (χ3n) is 3.70. The molecule has 2 aromatic carbocycles. The highest BCUT2D eigenvalue weighted by Crippen LogP contribution is 2.26. The molecule has 0 saturated heterocycles. The van der Waals surface area contributed by atoms with Gasteiger partial charge in [0.1, 0.15) is 29.0 Å². The van der Waals surface area contributed by atoms with Crippen LogP contribution in [-0.4, -0.2) is 10.8 Å². The van der Waals surface area contributed by atoms with Gasteiger partial charge in [0.25, 0.3) is 11.6 Å². The molecule has 3 rings (SSSR count). The Kier molecular flexibility index (Phi) is 5.28. The number of nitriles is 1. The molecule has 0 aliphatic heterocycles. The van der Waals surface area contributed by atoms with Crippen LogP contribution < -0.4 is 5.32 Å². The monoisotopic (exact) mass is 377 g/mol. The summed E-state index contributed by atoms with van der Waals surface area (Å²) in [5, 5.41) is 22.5. The lowest BCUT2D eigenvalue weighted by Gasteiger charge is -2.03. The van der Waals surface area contributed by atoms with Crippen LogP contribution in [0.5, 0.6) is 0 Å². The number of nitro groups is 1. The summed E-state index contributed by atoms with van der Waals surface area (Å²) >= 11 is 0. The van der Waals surface area contributed by atoms with Gasteiger partial charge in [-0.1, -0.05) is 18.2 Å². The van der Waals surface area contributed by atoms with Gasteiger partial charge in [-0.25, -0.2) is 4.39 Å². The molecule has 1 amide bonds. The van der Waals surface area contributed by atoms with Gasteiger partial charge < -0.3 is 9.73 Å². The van der Waals surface area contributed by atoms with Gasteiger partial charge in [0.15, 0.2) is 0 Å². The molecule has 0 unspecified atom stereocenters. The average molecular weight is 377 g/mol. The smallest absolute Gasteiger partial charge is 0.270 e. The molecule has 1 heterocycles. The van der Waals surface area contributed by atoms with Crippen molar-refractivity contribution >= 4 is 23.4 Å². The van der Waals surface area contributed by atoms with Gasteiger partial charge >= 0.3 is 0 Å². The first-order chi connectivity index (χ1) is 13.5. The Labute approximate surface area is 158 Å². The van der Waals surface area contributed by atoms with Crippen LogP contribution in [0.1, 0.15) is 5.76 Å². The number of halogens is 1. The zero-order valence-electron chi connectivity index (χ0n) is 14.3. The van der Waals surface area contributed by atoms with E-state index in [-0.39, 0.29) is 22.7 Å². The van der Waals surface area contributed by atoms with Crippen molar-refractivity contribution in [3.05, 3.63) is 87.9 Å². The van der Waals surface area contributed by atoms with Gasteiger partial charge in [0, 0.05) is 29.5 Å². The Morgan fingerprint density at radius 2 is 1.96 bits per heavy atom. The minimum absolute atomic E-state index is 0.0850. The highest BCUT2D eigenvalue weighted by molar-refractivity contribution is 6.09. The van der Waals surface area contributed by atoms with Crippen LogP contribution in [0.2, 0.25) is 0 Å². The van der Waals surface area contributed by atoms with Crippen molar-refractivity contribution in [3.63, 3.8) is 0 Å². The van der Waals surface area contributed by atoms with Crippen LogP contribution in [0.25, 0.3) is 17.4 Å². The van der Waals surface area contributed by atoms with Crippen molar-refractivity contribution < 1.29 is 18.5 Å². The van der Waals surface area contributed by atoms with E-state index in [1.54, 1.807) is 18.2 Å².